The summed E-state index contributed by atoms with van der Waals surface area (Å²) in [5.41, 5.74) is 0.175. The highest BCUT2D eigenvalue weighted by atomic mass is 19.1. The zero-order valence-electron chi connectivity index (χ0n) is 11.1. The van der Waals surface area contributed by atoms with Gasteiger partial charge in [0.25, 0.3) is 0 Å². The number of nitrogens with zero attached hydrogens (tertiary/aromatic N) is 1. The minimum Gasteiger partial charge on any atom is -0.481 e. The van der Waals surface area contributed by atoms with Crippen LogP contribution in [0.25, 0.3) is 0 Å². The molecular formula is C14H15F2NO3. The van der Waals surface area contributed by atoms with E-state index in [2.05, 4.69) is 0 Å². The van der Waals surface area contributed by atoms with Crippen LogP contribution in [-0.2, 0) is 9.59 Å². The second kappa shape index (κ2) is 5.19. The molecule has 0 aromatic heterocycles. The highest BCUT2D eigenvalue weighted by Gasteiger charge is 2.45. The summed E-state index contributed by atoms with van der Waals surface area (Å²) in [6.07, 6.45) is -0.156. The van der Waals surface area contributed by atoms with Gasteiger partial charge < -0.3 is 10.0 Å². The summed E-state index contributed by atoms with van der Waals surface area (Å²) in [5.74, 6) is -4.02. The predicted octanol–water partition coefficient (Wildman–Crippen LogP) is 2.35. The number of carbonyl (C=O) groups excluding carboxylic acids is 1. The van der Waals surface area contributed by atoms with Gasteiger partial charge in [0.05, 0.1) is 12.0 Å². The van der Waals surface area contributed by atoms with E-state index in [4.69, 9.17) is 0 Å². The number of aliphatic carboxylic acids is 1. The van der Waals surface area contributed by atoms with Crippen molar-refractivity contribution in [3.8, 4) is 0 Å². The van der Waals surface area contributed by atoms with Gasteiger partial charge in [-0.1, -0.05) is 0 Å². The molecular weight excluding hydrogens is 268 g/mol. The first kappa shape index (κ1) is 14.4. The van der Waals surface area contributed by atoms with Crippen LogP contribution in [0.15, 0.2) is 18.2 Å². The number of carboxylic acid groups (broad SMARTS) is 1. The smallest absolute Gasteiger partial charge is 0.309 e. The van der Waals surface area contributed by atoms with E-state index in [9.17, 15) is 23.5 Å². The fraction of sp³-hybridized carbons (Fsp3) is 0.429. The molecule has 0 bridgehead atoms. The molecule has 4 nitrogen and oxygen atoms in total. The van der Waals surface area contributed by atoms with Gasteiger partial charge in [-0.25, -0.2) is 8.78 Å². The molecule has 0 spiro atoms. The van der Waals surface area contributed by atoms with Crippen molar-refractivity contribution in [3.63, 3.8) is 0 Å². The Kier molecular flexibility index (Phi) is 3.74. The van der Waals surface area contributed by atoms with Crippen LogP contribution in [0, 0.1) is 17.6 Å². The number of rotatable bonds is 3. The lowest BCUT2D eigenvalue weighted by molar-refractivity contribution is -0.142. The van der Waals surface area contributed by atoms with E-state index in [1.807, 2.05) is 0 Å². The summed E-state index contributed by atoms with van der Waals surface area (Å²) in [4.78, 5) is 24.6. The fourth-order valence-electron chi connectivity index (χ4n) is 2.72. The zero-order valence-corrected chi connectivity index (χ0v) is 11.1. The summed E-state index contributed by atoms with van der Waals surface area (Å²) in [7, 11) is 0. The number of halogens is 2. The van der Waals surface area contributed by atoms with Gasteiger partial charge in [-0.15, -0.1) is 0 Å². The van der Waals surface area contributed by atoms with Gasteiger partial charge in [-0.2, -0.15) is 0 Å². The summed E-state index contributed by atoms with van der Waals surface area (Å²) < 4.78 is 26.7. The summed E-state index contributed by atoms with van der Waals surface area (Å²) in [5, 5.41) is 9.23. The van der Waals surface area contributed by atoms with Gasteiger partial charge in [0.15, 0.2) is 0 Å². The Morgan fingerprint density at radius 1 is 1.30 bits per heavy atom. The third-order valence-electron chi connectivity index (χ3n) is 3.46. The van der Waals surface area contributed by atoms with Crippen LogP contribution >= 0.6 is 0 Å². The van der Waals surface area contributed by atoms with Crippen molar-refractivity contribution in [1.82, 2.24) is 4.90 Å². The number of benzene rings is 1. The second-order valence-corrected chi connectivity index (χ2v) is 5.19. The molecule has 2 rings (SSSR count). The second-order valence-electron chi connectivity index (χ2n) is 5.19. The average molecular weight is 283 g/mol. The Morgan fingerprint density at radius 3 is 2.30 bits per heavy atom. The van der Waals surface area contributed by atoms with E-state index >= 15 is 0 Å². The lowest BCUT2D eigenvalue weighted by Crippen LogP contribution is -2.36. The molecule has 108 valence electrons. The van der Waals surface area contributed by atoms with Crippen LogP contribution in [0.2, 0.25) is 0 Å². The molecule has 2 atom stereocenters. The molecule has 2 unspecified atom stereocenters. The van der Waals surface area contributed by atoms with Crippen LogP contribution in [0.4, 0.5) is 8.78 Å². The minimum absolute atomic E-state index is 0.156. The van der Waals surface area contributed by atoms with Crippen molar-refractivity contribution in [2.75, 3.05) is 0 Å². The quantitative estimate of drug-likeness (QED) is 0.926. The SMILES string of the molecule is CC(C)N1C(=O)CC(C(=O)O)C1c1cc(F)cc(F)c1. The molecule has 0 saturated carbocycles. The van der Waals surface area contributed by atoms with Crippen LogP contribution in [0.3, 0.4) is 0 Å². The monoisotopic (exact) mass is 283 g/mol. The van der Waals surface area contributed by atoms with Gasteiger partial charge in [0.1, 0.15) is 11.6 Å². The van der Waals surface area contributed by atoms with Crippen molar-refractivity contribution < 1.29 is 23.5 Å². The van der Waals surface area contributed by atoms with Crippen LogP contribution in [-0.4, -0.2) is 27.9 Å². The maximum Gasteiger partial charge on any atom is 0.309 e. The van der Waals surface area contributed by atoms with E-state index in [-0.39, 0.29) is 23.9 Å². The topological polar surface area (TPSA) is 57.6 Å². The molecule has 1 aromatic rings. The molecule has 1 amide bonds. The van der Waals surface area contributed by atoms with Crippen LogP contribution < -0.4 is 0 Å². The van der Waals surface area contributed by atoms with Crippen molar-refractivity contribution in [2.24, 2.45) is 5.92 Å². The third-order valence-corrected chi connectivity index (χ3v) is 3.46. The van der Waals surface area contributed by atoms with Crippen molar-refractivity contribution >= 4 is 11.9 Å². The predicted molar refractivity (Wildman–Crippen MR) is 66.8 cm³/mol. The molecule has 0 radical (unpaired) electrons. The molecule has 0 aliphatic carbocycles. The zero-order chi connectivity index (χ0) is 15.0. The molecule has 1 heterocycles. The van der Waals surface area contributed by atoms with Gasteiger partial charge in [0.2, 0.25) is 5.91 Å². The number of hydrogen-bond acceptors (Lipinski definition) is 2. The number of carboxylic acids is 1. The first-order valence-corrected chi connectivity index (χ1v) is 6.31. The lowest BCUT2D eigenvalue weighted by Gasteiger charge is -2.30. The Morgan fingerprint density at radius 2 is 1.85 bits per heavy atom. The molecule has 1 aliphatic heterocycles. The van der Waals surface area contributed by atoms with Gasteiger partial charge >= 0.3 is 5.97 Å². The maximum atomic E-state index is 13.3. The number of likely N-dealkylation sites (tertiary alicyclic amines) is 1. The summed E-state index contributed by atoms with van der Waals surface area (Å²) in [6.45, 7) is 3.48. The van der Waals surface area contributed by atoms with Gasteiger partial charge in [0, 0.05) is 18.5 Å². The van der Waals surface area contributed by atoms with Crippen molar-refractivity contribution in [1.29, 1.82) is 0 Å². The number of carbonyl (C=O) groups is 2. The highest BCUT2D eigenvalue weighted by molar-refractivity contribution is 5.87. The molecule has 1 fully saturated rings. The van der Waals surface area contributed by atoms with E-state index in [0.717, 1.165) is 18.2 Å². The van der Waals surface area contributed by atoms with Gasteiger partial charge in [-0.3, -0.25) is 9.59 Å². The lowest BCUT2D eigenvalue weighted by atomic mass is 9.93. The fourth-order valence-corrected chi connectivity index (χ4v) is 2.72. The Bertz CT molecular complexity index is 539. The summed E-state index contributed by atoms with van der Waals surface area (Å²) in [6, 6.07) is 1.79. The van der Waals surface area contributed by atoms with E-state index < -0.39 is 29.6 Å². The number of amides is 1. The largest absolute Gasteiger partial charge is 0.481 e. The molecule has 1 saturated heterocycles. The van der Waals surface area contributed by atoms with Crippen LogP contribution in [0.5, 0.6) is 0 Å². The van der Waals surface area contributed by atoms with E-state index in [0.29, 0.717) is 0 Å². The Hall–Kier alpha value is -1.98. The number of hydrogen-bond donors (Lipinski definition) is 1. The molecule has 1 aromatic carbocycles. The normalized spacial score (nSPS) is 22.6. The molecule has 20 heavy (non-hydrogen) atoms. The first-order chi connectivity index (χ1) is 9.31. The van der Waals surface area contributed by atoms with Crippen molar-refractivity contribution in [2.45, 2.75) is 32.4 Å². The molecule has 6 heteroatoms. The maximum absolute atomic E-state index is 13.3. The van der Waals surface area contributed by atoms with E-state index in [1.54, 1.807) is 13.8 Å². The highest BCUT2D eigenvalue weighted by Crippen LogP contribution is 2.40. The summed E-state index contributed by atoms with van der Waals surface area (Å²) >= 11 is 0. The average Bonchev–Trinajstić information content (AvgIpc) is 2.65. The minimum atomic E-state index is -1.14. The Balaban J connectivity index is 2.51. The van der Waals surface area contributed by atoms with Crippen LogP contribution in [0.1, 0.15) is 31.9 Å². The van der Waals surface area contributed by atoms with Crippen molar-refractivity contribution in [3.05, 3.63) is 35.4 Å². The third kappa shape index (κ3) is 2.50. The first-order valence-electron chi connectivity index (χ1n) is 6.31. The molecule has 1 N–H and O–H groups in total. The standard InChI is InChI=1S/C14H15F2NO3/c1-7(2)17-12(18)6-11(14(19)20)13(17)8-3-9(15)5-10(16)4-8/h3-5,7,11,13H,6H2,1-2H3,(H,19,20). The van der Waals surface area contributed by atoms with E-state index in [1.165, 1.54) is 4.90 Å². The van der Waals surface area contributed by atoms with Gasteiger partial charge in [-0.05, 0) is 31.5 Å². The molecule has 1 aliphatic rings. The Labute approximate surface area is 115 Å².